The summed E-state index contributed by atoms with van der Waals surface area (Å²) in [5.41, 5.74) is 3.83. The van der Waals surface area contributed by atoms with Gasteiger partial charge in [0.1, 0.15) is 18.9 Å². The molecule has 0 aliphatic rings. The minimum atomic E-state index is -0.173. The van der Waals surface area contributed by atoms with Gasteiger partial charge in [0, 0.05) is 11.1 Å². The van der Waals surface area contributed by atoms with Crippen LogP contribution in [0.15, 0.2) is 48.5 Å². The van der Waals surface area contributed by atoms with E-state index in [1.807, 2.05) is 12.1 Å². The Morgan fingerprint density at radius 2 is 1.65 bits per heavy atom. The first-order chi connectivity index (χ1) is 8.25. The minimum absolute atomic E-state index is 0.173. The number of aryl methyl sites for hydroxylation is 1. The summed E-state index contributed by atoms with van der Waals surface area (Å²) in [7, 11) is 0. The van der Waals surface area contributed by atoms with Gasteiger partial charge in [0.2, 0.25) is 0 Å². The van der Waals surface area contributed by atoms with Crippen LogP contribution in [0.1, 0.15) is 16.7 Å². The van der Waals surface area contributed by atoms with Crippen molar-refractivity contribution < 1.29 is 9.71 Å². The van der Waals surface area contributed by atoms with E-state index in [9.17, 15) is 4.39 Å². The van der Waals surface area contributed by atoms with Crippen LogP contribution in [-0.4, -0.2) is 0 Å². The molecule has 2 rings (SSSR count). The minimum Gasteiger partial charge on any atom is -0.339 e. The fourth-order valence-electron chi connectivity index (χ4n) is 1.85. The van der Waals surface area contributed by atoms with E-state index in [2.05, 4.69) is 36.5 Å². The van der Waals surface area contributed by atoms with Crippen molar-refractivity contribution >= 4 is 0 Å². The molecule has 0 radical (unpaired) electrons. The number of rotatable bonds is 4. The van der Waals surface area contributed by atoms with Gasteiger partial charge in [-0.25, -0.2) is 4.39 Å². The van der Waals surface area contributed by atoms with E-state index in [0.717, 1.165) is 18.7 Å². The summed E-state index contributed by atoms with van der Waals surface area (Å²) in [6.07, 6.45) is 0. The molecule has 2 heteroatoms. The molecule has 0 aliphatic heterocycles. The van der Waals surface area contributed by atoms with E-state index < -0.39 is 0 Å². The van der Waals surface area contributed by atoms with Gasteiger partial charge in [-0.1, -0.05) is 36.4 Å². The van der Waals surface area contributed by atoms with Gasteiger partial charge in [0.05, 0.1) is 0 Å². The van der Waals surface area contributed by atoms with Gasteiger partial charge in [0.25, 0.3) is 0 Å². The first-order valence-electron chi connectivity index (χ1n) is 5.86. The molecule has 1 nitrogen and oxygen atoms in total. The van der Waals surface area contributed by atoms with E-state index in [0.29, 0.717) is 0 Å². The number of hydrogen-bond acceptors (Lipinski definition) is 0. The Morgan fingerprint density at radius 3 is 2.35 bits per heavy atom. The summed E-state index contributed by atoms with van der Waals surface area (Å²) >= 11 is 0. The number of quaternary nitrogens is 1. The van der Waals surface area contributed by atoms with Crippen LogP contribution in [0.25, 0.3) is 0 Å². The molecular formula is C15H17FN+. The number of nitrogens with two attached hydrogens (primary N) is 1. The van der Waals surface area contributed by atoms with Gasteiger partial charge >= 0.3 is 0 Å². The van der Waals surface area contributed by atoms with Crippen LogP contribution in [0.2, 0.25) is 0 Å². The van der Waals surface area contributed by atoms with Crippen molar-refractivity contribution in [3.05, 3.63) is 71.0 Å². The maximum atomic E-state index is 12.7. The van der Waals surface area contributed by atoms with Gasteiger partial charge in [-0.05, 0) is 24.6 Å². The van der Waals surface area contributed by atoms with E-state index >= 15 is 0 Å². The highest BCUT2D eigenvalue weighted by atomic mass is 19.1. The van der Waals surface area contributed by atoms with Gasteiger partial charge in [-0.2, -0.15) is 0 Å². The van der Waals surface area contributed by atoms with Crippen LogP contribution < -0.4 is 5.32 Å². The summed E-state index contributed by atoms with van der Waals surface area (Å²) in [6, 6.07) is 15.1. The van der Waals surface area contributed by atoms with Crippen LogP contribution in [0.5, 0.6) is 0 Å². The first kappa shape index (κ1) is 11.8. The molecule has 0 saturated heterocycles. The molecule has 88 valence electrons. The Morgan fingerprint density at radius 1 is 0.941 bits per heavy atom. The Labute approximate surface area is 101 Å². The molecule has 2 aromatic rings. The van der Waals surface area contributed by atoms with Crippen LogP contribution in [0.4, 0.5) is 4.39 Å². The molecule has 0 spiro atoms. The predicted molar refractivity (Wildman–Crippen MR) is 66.9 cm³/mol. The maximum Gasteiger partial charge on any atom is 0.123 e. The molecule has 2 aromatic carbocycles. The summed E-state index contributed by atoms with van der Waals surface area (Å²) in [6.45, 7) is 3.97. The molecule has 0 atom stereocenters. The second kappa shape index (κ2) is 5.60. The van der Waals surface area contributed by atoms with Gasteiger partial charge in [-0.15, -0.1) is 0 Å². The summed E-state index contributed by atoms with van der Waals surface area (Å²) in [5.74, 6) is -0.173. The third-order valence-electron chi connectivity index (χ3n) is 2.92. The second-order valence-electron chi connectivity index (χ2n) is 4.25. The highest BCUT2D eigenvalue weighted by Gasteiger charge is 2.00. The highest BCUT2D eigenvalue weighted by molar-refractivity contribution is 5.24. The van der Waals surface area contributed by atoms with Gasteiger partial charge < -0.3 is 5.32 Å². The zero-order chi connectivity index (χ0) is 12.1. The fraction of sp³-hybridized carbons (Fsp3) is 0.200. The SMILES string of the molecule is Cc1ccccc1C[NH2+]Cc1ccc(F)cc1. The normalized spacial score (nSPS) is 10.5. The lowest BCUT2D eigenvalue weighted by Gasteiger charge is -2.05. The van der Waals surface area contributed by atoms with Crippen LogP contribution >= 0.6 is 0 Å². The lowest BCUT2D eigenvalue weighted by molar-refractivity contribution is -0.686. The lowest BCUT2D eigenvalue weighted by atomic mass is 10.1. The topological polar surface area (TPSA) is 16.6 Å². The molecule has 0 aliphatic carbocycles. The largest absolute Gasteiger partial charge is 0.339 e. The van der Waals surface area contributed by atoms with E-state index in [4.69, 9.17) is 0 Å². The Kier molecular flexibility index (Phi) is 3.89. The quantitative estimate of drug-likeness (QED) is 0.830. The number of benzene rings is 2. The van der Waals surface area contributed by atoms with Crippen LogP contribution in [0, 0.1) is 12.7 Å². The molecule has 0 heterocycles. The number of halogens is 1. The monoisotopic (exact) mass is 230 g/mol. The van der Waals surface area contributed by atoms with Crippen molar-refractivity contribution in [2.75, 3.05) is 0 Å². The third kappa shape index (κ3) is 3.40. The first-order valence-corrected chi connectivity index (χ1v) is 5.86. The second-order valence-corrected chi connectivity index (χ2v) is 4.25. The van der Waals surface area contributed by atoms with Crippen LogP contribution in [-0.2, 0) is 13.1 Å². The average molecular weight is 230 g/mol. The molecule has 0 saturated carbocycles. The van der Waals surface area contributed by atoms with Gasteiger partial charge in [0.15, 0.2) is 0 Å². The zero-order valence-electron chi connectivity index (χ0n) is 9.99. The Bertz CT molecular complexity index is 477. The maximum absolute atomic E-state index is 12.7. The Hall–Kier alpha value is -1.67. The standard InChI is InChI=1S/C15H16FN/c1-12-4-2-3-5-14(12)11-17-10-13-6-8-15(16)9-7-13/h2-9,17H,10-11H2,1H3/p+1. The van der Waals surface area contributed by atoms with Crippen molar-refractivity contribution in [1.29, 1.82) is 0 Å². The van der Waals surface area contributed by atoms with E-state index in [1.54, 1.807) is 0 Å². The highest BCUT2D eigenvalue weighted by Crippen LogP contribution is 2.05. The molecule has 17 heavy (non-hydrogen) atoms. The molecule has 0 fully saturated rings. The number of hydrogen-bond donors (Lipinski definition) is 1. The van der Waals surface area contributed by atoms with Crippen molar-refractivity contribution in [3.8, 4) is 0 Å². The molecule has 0 amide bonds. The fourth-order valence-corrected chi connectivity index (χ4v) is 1.85. The molecule has 0 unspecified atom stereocenters. The summed E-state index contributed by atoms with van der Waals surface area (Å²) in [5, 5.41) is 2.23. The smallest absolute Gasteiger partial charge is 0.123 e. The van der Waals surface area contributed by atoms with Crippen molar-refractivity contribution in [3.63, 3.8) is 0 Å². The predicted octanol–water partition coefficient (Wildman–Crippen LogP) is 2.40. The summed E-state index contributed by atoms with van der Waals surface area (Å²) in [4.78, 5) is 0. The third-order valence-corrected chi connectivity index (χ3v) is 2.92. The van der Waals surface area contributed by atoms with Crippen molar-refractivity contribution in [2.45, 2.75) is 20.0 Å². The zero-order valence-corrected chi connectivity index (χ0v) is 9.99. The molecule has 0 aromatic heterocycles. The van der Waals surface area contributed by atoms with Crippen molar-refractivity contribution in [2.24, 2.45) is 0 Å². The molecule has 2 N–H and O–H groups in total. The Balaban J connectivity index is 1.88. The lowest BCUT2D eigenvalue weighted by Crippen LogP contribution is -2.80. The summed E-state index contributed by atoms with van der Waals surface area (Å²) < 4.78 is 12.7. The van der Waals surface area contributed by atoms with E-state index in [-0.39, 0.29) is 5.82 Å². The molecular weight excluding hydrogens is 213 g/mol. The average Bonchev–Trinajstić information content (AvgIpc) is 2.34. The van der Waals surface area contributed by atoms with E-state index in [1.165, 1.54) is 23.3 Å². The van der Waals surface area contributed by atoms with Crippen molar-refractivity contribution in [1.82, 2.24) is 0 Å². The molecule has 0 bridgehead atoms. The van der Waals surface area contributed by atoms with Crippen LogP contribution in [0.3, 0.4) is 0 Å². The van der Waals surface area contributed by atoms with Gasteiger partial charge in [-0.3, -0.25) is 0 Å².